The minimum Gasteiger partial charge on any atom is -0.459 e. The van der Waals surface area contributed by atoms with Crippen LogP contribution in [0.15, 0.2) is 21.5 Å². The van der Waals surface area contributed by atoms with Gasteiger partial charge in [-0.05, 0) is 55.1 Å². The molecule has 0 unspecified atom stereocenters. The minimum absolute atomic E-state index is 0.0185. The van der Waals surface area contributed by atoms with E-state index in [-0.39, 0.29) is 16.8 Å². The average Bonchev–Trinajstić information content (AvgIpc) is 2.45. The molecule has 148 valence electrons. The van der Waals surface area contributed by atoms with Gasteiger partial charge in [-0.25, -0.2) is 17.2 Å². The van der Waals surface area contributed by atoms with E-state index < -0.39 is 44.2 Å². The summed E-state index contributed by atoms with van der Waals surface area (Å²) in [6.45, 7) is 8.66. The quantitative estimate of drug-likeness (QED) is 0.478. The van der Waals surface area contributed by atoms with E-state index in [0.717, 1.165) is 10.4 Å². The first-order valence-electron chi connectivity index (χ1n) is 8.02. The SMILES string of the molecule is CC(C)C[C@H](C(=O)OC(C)(C)C)N(C)S(=O)(=O)c1cc(Br)c(F)cc1F. The Hall–Kier alpha value is -1.06. The fourth-order valence-electron chi connectivity index (χ4n) is 2.23. The number of esters is 1. The topological polar surface area (TPSA) is 63.7 Å². The molecule has 1 aromatic carbocycles. The third-order valence-electron chi connectivity index (χ3n) is 3.44. The normalized spacial score (nSPS) is 14.0. The van der Waals surface area contributed by atoms with Crippen LogP contribution < -0.4 is 0 Å². The van der Waals surface area contributed by atoms with Gasteiger partial charge in [-0.3, -0.25) is 4.79 Å². The molecular formula is C17H24BrF2NO4S. The summed E-state index contributed by atoms with van der Waals surface area (Å²) >= 11 is 2.85. The Bertz CT molecular complexity index is 776. The van der Waals surface area contributed by atoms with Crippen LogP contribution in [0, 0.1) is 17.6 Å². The number of ether oxygens (including phenoxy) is 1. The minimum atomic E-state index is -4.39. The maximum atomic E-state index is 14.1. The molecule has 0 saturated heterocycles. The van der Waals surface area contributed by atoms with Crippen LogP contribution in [0.25, 0.3) is 0 Å². The maximum Gasteiger partial charge on any atom is 0.324 e. The fourth-order valence-corrected chi connectivity index (χ4v) is 4.12. The van der Waals surface area contributed by atoms with E-state index in [1.165, 1.54) is 7.05 Å². The lowest BCUT2D eigenvalue weighted by Crippen LogP contribution is -2.46. The molecule has 0 aliphatic carbocycles. The summed E-state index contributed by atoms with van der Waals surface area (Å²) in [5, 5.41) is 0. The van der Waals surface area contributed by atoms with Crippen LogP contribution in [0.4, 0.5) is 8.78 Å². The van der Waals surface area contributed by atoms with Crippen molar-refractivity contribution in [3.8, 4) is 0 Å². The molecule has 0 amide bonds. The predicted molar refractivity (Wildman–Crippen MR) is 98.1 cm³/mol. The molecule has 0 spiro atoms. The first kappa shape index (κ1) is 23.0. The van der Waals surface area contributed by atoms with Crippen LogP contribution in [0.3, 0.4) is 0 Å². The Morgan fingerprint density at radius 2 is 1.77 bits per heavy atom. The zero-order chi connectivity index (χ0) is 20.4. The van der Waals surface area contributed by atoms with Gasteiger partial charge in [0.25, 0.3) is 0 Å². The molecule has 1 rings (SSSR count). The monoisotopic (exact) mass is 455 g/mol. The molecule has 1 aromatic rings. The van der Waals surface area contributed by atoms with E-state index in [1.54, 1.807) is 20.8 Å². The Balaban J connectivity index is 3.34. The van der Waals surface area contributed by atoms with Crippen LogP contribution in [0.2, 0.25) is 0 Å². The van der Waals surface area contributed by atoms with Gasteiger partial charge < -0.3 is 4.74 Å². The van der Waals surface area contributed by atoms with E-state index >= 15 is 0 Å². The van der Waals surface area contributed by atoms with E-state index in [2.05, 4.69) is 15.9 Å². The molecule has 5 nitrogen and oxygen atoms in total. The van der Waals surface area contributed by atoms with E-state index in [4.69, 9.17) is 4.74 Å². The Morgan fingerprint density at radius 3 is 2.23 bits per heavy atom. The standard InChI is InChI=1S/C17H24BrF2NO4S/c1-10(2)7-14(16(22)25-17(3,4)5)21(6)26(23,24)15-8-11(18)12(19)9-13(15)20/h8-10,14H,7H2,1-6H3/t14-/m1/s1. The highest BCUT2D eigenvalue weighted by atomic mass is 79.9. The Labute approximate surface area is 161 Å². The molecule has 0 aromatic heterocycles. The molecule has 0 aliphatic heterocycles. The van der Waals surface area contributed by atoms with Crippen molar-refractivity contribution in [2.45, 2.75) is 57.6 Å². The van der Waals surface area contributed by atoms with Gasteiger partial charge in [-0.1, -0.05) is 13.8 Å². The summed E-state index contributed by atoms with van der Waals surface area (Å²) in [4.78, 5) is 11.8. The first-order valence-corrected chi connectivity index (χ1v) is 10.3. The lowest BCUT2D eigenvalue weighted by Gasteiger charge is -2.30. The summed E-state index contributed by atoms with van der Waals surface area (Å²) in [5.74, 6) is -2.89. The summed E-state index contributed by atoms with van der Waals surface area (Å²) in [6.07, 6.45) is 0.189. The number of sulfonamides is 1. The molecular weight excluding hydrogens is 432 g/mol. The molecule has 9 heteroatoms. The second-order valence-corrected chi connectivity index (χ2v) is 10.2. The van der Waals surface area contributed by atoms with Crippen molar-refractivity contribution in [3.63, 3.8) is 0 Å². The lowest BCUT2D eigenvalue weighted by molar-refractivity contribution is -0.159. The van der Waals surface area contributed by atoms with E-state index in [1.807, 2.05) is 13.8 Å². The van der Waals surface area contributed by atoms with Crippen LogP contribution in [0.5, 0.6) is 0 Å². The van der Waals surface area contributed by atoms with Crippen molar-refractivity contribution in [3.05, 3.63) is 28.2 Å². The number of carbonyl (C=O) groups is 1. The van der Waals surface area contributed by atoms with Crippen LogP contribution >= 0.6 is 15.9 Å². The highest BCUT2D eigenvalue weighted by molar-refractivity contribution is 9.10. The van der Waals surface area contributed by atoms with Crippen molar-refractivity contribution < 1.29 is 26.7 Å². The van der Waals surface area contributed by atoms with Crippen LogP contribution in [-0.2, 0) is 19.6 Å². The summed E-state index contributed by atoms with van der Waals surface area (Å²) in [7, 11) is -3.21. The van der Waals surface area contributed by atoms with E-state index in [0.29, 0.717) is 6.07 Å². The molecule has 0 radical (unpaired) electrons. The number of nitrogens with zero attached hydrogens (tertiary/aromatic N) is 1. The van der Waals surface area contributed by atoms with Crippen molar-refractivity contribution >= 4 is 31.9 Å². The predicted octanol–water partition coefficient (Wildman–Crippen LogP) is 4.10. The van der Waals surface area contributed by atoms with Gasteiger partial charge in [-0.2, -0.15) is 4.31 Å². The highest BCUT2D eigenvalue weighted by Gasteiger charge is 2.37. The van der Waals surface area contributed by atoms with Crippen molar-refractivity contribution in [1.82, 2.24) is 4.31 Å². The van der Waals surface area contributed by atoms with Crippen LogP contribution in [-0.4, -0.2) is 37.4 Å². The first-order chi connectivity index (χ1) is 11.7. The average molecular weight is 456 g/mol. The van der Waals surface area contributed by atoms with Gasteiger partial charge in [0.2, 0.25) is 10.0 Å². The number of halogens is 3. The number of hydrogen-bond donors (Lipinski definition) is 0. The molecule has 0 aliphatic rings. The highest BCUT2D eigenvalue weighted by Crippen LogP contribution is 2.28. The molecule has 0 bridgehead atoms. The maximum absolute atomic E-state index is 14.1. The second-order valence-electron chi connectivity index (χ2n) is 7.40. The van der Waals surface area contributed by atoms with E-state index in [9.17, 15) is 22.0 Å². The Morgan fingerprint density at radius 1 is 1.23 bits per heavy atom. The third kappa shape index (κ3) is 5.72. The largest absolute Gasteiger partial charge is 0.459 e. The van der Waals surface area contributed by atoms with Crippen molar-refractivity contribution in [1.29, 1.82) is 0 Å². The molecule has 26 heavy (non-hydrogen) atoms. The number of carbonyl (C=O) groups excluding carboxylic acids is 1. The smallest absolute Gasteiger partial charge is 0.324 e. The molecule has 0 fully saturated rings. The fraction of sp³-hybridized carbons (Fsp3) is 0.588. The summed E-state index contributed by atoms with van der Waals surface area (Å²) in [6, 6.07) is 0.191. The van der Waals surface area contributed by atoms with Gasteiger partial charge in [0.1, 0.15) is 28.2 Å². The van der Waals surface area contributed by atoms with Crippen molar-refractivity contribution in [2.24, 2.45) is 5.92 Å². The van der Waals surface area contributed by atoms with Gasteiger partial charge >= 0.3 is 5.97 Å². The molecule has 0 heterocycles. The van der Waals surface area contributed by atoms with Crippen LogP contribution in [0.1, 0.15) is 41.0 Å². The Kier molecular flexibility index (Phi) is 7.34. The second kappa shape index (κ2) is 8.31. The van der Waals surface area contributed by atoms with Crippen molar-refractivity contribution in [2.75, 3.05) is 7.05 Å². The van der Waals surface area contributed by atoms with Gasteiger partial charge in [0, 0.05) is 13.1 Å². The molecule has 0 N–H and O–H groups in total. The molecule has 0 saturated carbocycles. The van der Waals surface area contributed by atoms with Gasteiger partial charge in [0.05, 0.1) is 4.47 Å². The number of benzene rings is 1. The summed E-state index contributed by atoms with van der Waals surface area (Å²) < 4.78 is 59.1. The van der Waals surface area contributed by atoms with Gasteiger partial charge in [0.15, 0.2) is 0 Å². The number of hydrogen-bond acceptors (Lipinski definition) is 4. The lowest BCUT2D eigenvalue weighted by atomic mass is 10.0. The third-order valence-corrected chi connectivity index (χ3v) is 5.93. The zero-order valence-electron chi connectivity index (χ0n) is 15.6. The number of likely N-dealkylation sites (N-methyl/N-ethyl adjacent to an activating group) is 1. The zero-order valence-corrected chi connectivity index (χ0v) is 18.0. The molecule has 1 atom stereocenters. The number of rotatable bonds is 6. The van der Waals surface area contributed by atoms with Gasteiger partial charge in [-0.15, -0.1) is 0 Å². The summed E-state index contributed by atoms with van der Waals surface area (Å²) in [5.41, 5.74) is -0.804.